The topological polar surface area (TPSA) is 32.3 Å². The summed E-state index contributed by atoms with van der Waals surface area (Å²) < 4.78 is 0. The first-order valence-electron chi connectivity index (χ1n) is 7.01. The van der Waals surface area contributed by atoms with Gasteiger partial charge in [0.05, 0.1) is 0 Å². The van der Waals surface area contributed by atoms with Gasteiger partial charge in [-0.2, -0.15) is 0 Å². The Morgan fingerprint density at radius 2 is 1.43 bits per heavy atom. The molecule has 0 aliphatic rings. The molecule has 0 saturated heterocycles. The molecule has 0 heterocycles. The Hall–Kier alpha value is -2.55. The van der Waals surface area contributed by atoms with E-state index in [0.717, 1.165) is 11.1 Å². The molecule has 0 saturated carbocycles. The normalized spacial score (nSPS) is 9.90. The largest absolute Gasteiger partial charge is 0.335 e. The maximum Gasteiger partial charge on any atom is 0.318 e. The van der Waals surface area contributed by atoms with Crippen molar-refractivity contribution < 1.29 is 4.79 Å². The summed E-state index contributed by atoms with van der Waals surface area (Å²) in [6.07, 6.45) is 1.68. The van der Waals surface area contributed by atoms with Crippen molar-refractivity contribution in [1.82, 2.24) is 10.2 Å². The van der Waals surface area contributed by atoms with Gasteiger partial charge in [-0.3, -0.25) is 0 Å². The fraction of sp³-hybridized carbons (Fsp3) is 0.167. The van der Waals surface area contributed by atoms with Crippen molar-refractivity contribution in [2.75, 3.05) is 6.54 Å². The average Bonchev–Trinajstić information content (AvgIpc) is 2.54. The zero-order valence-corrected chi connectivity index (χ0v) is 12.0. The molecule has 0 fully saturated rings. The minimum absolute atomic E-state index is 0.0809. The van der Waals surface area contributed by atoms with Gasteiger partial charge in [0.15, 0.2) is 0 Å². The van der Waals surface area contributed by atoms with E-state index in [0.29, 0.717) is 19.6 Å². The fourth-order valence-corrected chi connectivity index (χ4v) is 2.08. The Kier molecular flexibility index (Phi) is 5.59. The molecule has 2 aromatic rings. The zero-order valence-electron chi connectivity index (χ0n) is 12.0. The van der Waals surface area contributed by atoms with E-state index < -0.39 is 0 Å². The van der Waals surface area contributed by atoms with Gasteiger partial charge in [-0.05, 0) is 11.1 Å². The van der Waals surface area contributed by atoms with E-state index in [9.17, 15) is 4.79 Å². The molecule has 0 aliphatic carbocycles. The molecule has 108 valence electrons. The Morgan fingerprint density at radius 3 is 1.86 bits per heavy atom. The first-order chi connectivity index (χ1) is 10.3. The van der Waals surface area contributed by atoms with Crippen LogP contribution in [0.4, 0.5) is 4.79 Å². The van der Waals surface area contributed by atoms with Crippen LogP contribution in [0.1, 0.15) is 11.1 Å². The summed E-state index contributed by atoms with van der Waals surface area (Å²) in [5, 5.41) is 2.84. The van der Waals surface area contributed by atoms with Crippen molar-refractivity contribution in [3.05, 3.63) is 84.4 Å². The maximum atomic E-state index is 12.3. The highest BCUT2D eigenvalue weighted by molar-refractivity contribution is 5.74. The second-order valence-corrected chi connectivity index (χ2v) is 4.80. The van der Waals surface area contributed by atoms with Gasteiger partial charge in [0.1, 0.15) is 0 Å². The SMILES string of the molecule is C=CCNC(=O)N(Cc1ccccc1)Cc1ccccc1. The number of hydrogen-bond donors (Lipinski definition) is 1. The smallest absolute Gasteiger partial charge is 0.318 e. The first kappa shape index (κ1) is 14.9. The Morgan fingerprint density at radius 1 is 0.952 bits per heavy atom. The van der Waals surface area contributed by atoms with Crippen LogP contribution in [-0.2, 0) is 13.1 Å². The van der Waals surface area contributed by atoms with Crippen LogP contribution >= 0.6 is 0 Å². The number of hydrogen-bond acceptors (Lipinski definition) is 1. The van der Waals surface area contributed by atoms with Crippen molar-refractivity contribution in [2.24, 2.45) is 0 Å². The number of amides is 2. The number of nitrogens with one attached hydrogen (secondary N) is 1. The maximum absolute atomic E-state index is 12.3. The molecular formula is C18H20N2O. The average molecular weight is 280 g/mol. The molecule has 0 aliphatic heterocycles. The van der Waals surface area contributed by atoms with E-state index in [1.165, 1.54) is 0 Å². The van der Waals surface area contributed by atoms with Gasteiger partial charge < -0.3 is 10.2 Å². The summed E-state index contributed by atoms with van der Waals surface area (Å²) in [6, 6.07) is 19.9. The van der Waals surface area contributed by atoms with Gasteiger partial charge in [-0.15, -0.1) is 6.58 Å². The van der Waals surface area contributed by atoms with Gasteiger partial charge in [0.2, 0.25) is 0 Å². The Bertz CT molecular complexity index is 525. The minimum Gasteiger partial charge on any atom is -0.335 e. The third-order valence-corrected chi connectivity index (χ3v) is 3.12. The molecule has 0 atom stereocenters. The summed E-state index contributed by atoms with van der Waals surface area (Å²) >= 11 is 0. The van der Waals surface area contributed by atoms with Crippen LogP contribution in [0.5, 0.6) is 0 Å². The van der Waals surface area contributed by atoms with E-state index in [-0.39, 0.29) is 6.03 Å². The molecule has 2 aromatic carbocycles. The molecule has 21 heavy (non-hydrogen) atoms. The second-order valence-electron chi connectivity index (χ2n) is 4.80. The van der Waals surface area contributed by atoms with Crippen LogP contribution in [0.15, 0.2) is 73.3 Å². The molecule has 2 amide bonds. The van der Waals surface area contributed by atoms with E-state index in [2.05, 4.69) is 11.9 Å². The number of nitrogens with zero attached hydrogens (tertiary/aromatic N) is 1. The highest BCUT2D eigenvalue weighted by Crippen LogP contribution is 2.10. The van der Waals surface area contributed by atoms with E-state index in [4.69, 9.17) is 0 Å². The summed E-state index contributed by atoms with van der Waals surface area (Å²) in [5.74, 6) is 0. The van der Waals surface area contributed by atoms with E-state index >= 15 is 0 Å². The second kappa shape index (κ2) is 7.90. The minimum atomic E-state index is -0.0809. The molecule has 0 unspecified atom stereocenters. The number of rotatable bonds is 6. The van der Waals surface area contributed by atoms with Crippen molar-refractivity contribution >= 4 is 6.03 Å². The summed E-state index contributed by atoms with van der Waals surface area (Å²) in [7, 11) is 0. The third-order valence-electron chi connectivity index (χ3n) is 3.12. The molecule has 0 spiro atoms. The predicted molar refractivity (Wildman–Crippen MR) is 85.7 cm³/mol. The quantitative estimate of drug-likeness (QED) is 0.806. The molecule has 0 radical (unpaired) electrons. The van der Waals surface area contributed by atoms with Crippen molar-refractivity contribution in [2.45, 2.75) is 13.1 Å². The lowest BCUT2D eigenvalue weighted by molar-refractivity contribution is 0.193. The van der Waals surface area contributed by atoms with Crippen LogP contribution < -0.4 is 5.32 Å². The monoisotopic (exact) mass is 280 g/mol. The van der Waals surface area contributed by atoms with Gasteiger partial charge in [-0.25, -0.2) is 4.79 Å². The summed E-state index contributed by atoms with van der Waals surface area (Å²) in [4.78, 5) is 14.1. The van der Waals surface area contributed by atoms with Crippen LogP contribution in [0.3, 0.4) is 0 Å². The van der Waals surface area contributed by atoms with E-state index in [1.54, 1.807) is 11.0 Å². The molecule has 3 heteroatoms. The van der Waals surface area contributed by atoms with Gasteiger partial charge in [-0.1, -0.05) is 66.7 Å². The molecule has 0 bridgehead atoms. The Balaban J connectivity index is 2.09. The molecule has 1 N–H and O–H groups in total. The zero-order chi connectivity index (χ0) is 14.9. The summed E-state index contributed by atoms with van der Waals surface area (Å²) in [5.41, 5.74) is 2.23. The number of carbonyl (C=O) groups is 1. The first-order valence-corrected chi connectivity index (χ1v) is 7.01. The van der Waals surface area contributed by atoms with Crippen molar-refractivity contribution in [1.29, 1.82) is 0 Å². The van der Waals surface area contributed by atoms with Crippen LogP contribution in [0.2, 0.25) is 0 Å². The van der Waals surface area contributed by atoms with Gasteiger partial charge in [0, 0.05) is 19.6 Å². The molecule has 0 aromatic heterocycles. The lowest BCUT2D eigenvalue weighted by Gasteiger charge is -2.23. The third kappa shape index (κ3) is 4.80. The standard InChI is InChI=1S/C18H20N2O/c1-2-13-19-18(21)20(14-16-9-5-3-6-10-16)15-17-11-7-4-8-12-17/h2-12H,1,13-15H2,(H,19,21). The number of urea groups is 1. The lowest BCUT2D eigenvalue weighted by Crippen LogP contribution is -2.39. The lowest BCUT2D eigenvalue weighted by atomic mass is 10.2. The van der Waals surface area contributed by atoms with Crippen molar-refractivity contribution in [3.8, 4) is 0 Å². The highest BCUT2D eigenvalue weighted by Gasteiger charge is 2.13. The van der Waals surface area contributed by atoms with E-state index in [1.807, 2.05) is 60.7 Å². The molecule has 2 rings (SSSR count). The van der Waals surface area contributed by atoms with Crippen molar-refractivity contribution in [3.63, 3.8) is 0 Å². The Labute approximate surface area is 125 Å². The highest BCUT2D eigenvalue weighted by atomic mass is 16.2. The van der Waals surface area contributed by atoms with Gasteiger partial charge in [0.25, 0.3) is 0 Å². The summed E-state index contributed by atoms with van der Waals surface area (Å²) in [6.45, 7) is 5.26. The fourth-order valence-electron chi connectivity index (χ4n) is 2.08. The van der Waals surface area contributed by atoms with Crippen LogP contribution in [-0.4, -0.2) is 17.5 Å². The molecular weight excluding hydrogens is 260 g/mol. The molecule has 3 nitrogen and oxygen atoms in total. The number of benzene rings is 2. The van der Waals surface area contributed by atoms with Crippen LogP contribution in [0.25, 0.3) is 0 Å². The predicted octanol–water partition coefficient (Wildman–Crippen LogP) is 3.58. The van der Waals surface area contributed by atoms with Gasteiger partial charge >= 0.3 is 6.03 Å². The number of carbonyl (C=O) groups excluding carboxylic acids is 1. The van der Waals surface area contributed by atoms with Crippen LogP contribution in [0, 0.1) is 0 Å².